The number of aromatic nitrogens is 2. The molecule has 5 heteroatoms. The van der Waals surface area contributed by atoms with Crippen molar-refractivity contribution < 1.29 is 17.0 Å². The van der Waals surface area contributed by atoms with Crippen LogP contribution in [0.5, 0.6) is 0 Å². The fourth-order valence-electron chi connectivity index (χ4n) is 2.08. The largest absolute Gasteiger partial charge is 1.00 e. The molecule has 0 saturated carbocycles. The van der Waals surface area contributed by atoms with Crippen LogP contribution in [0.15, 0.2) is 55.0 Å². The van der Waals surface area contributed by atoms with E-state index < -0.39 is 0 Å². The van der Waals surface area contributed by atoms with E-state index in [4.69, 9.17) is 23.2 Å². The van der Waals surface area contributed by atoms with Crippen molar-refractivity contribution in [2.24, 2.45) is 0 Å². The summed E-state index contributed by atoms with van der Waals surface area (Å²) >= 11 is 12.0. The third kappa shape index (κ3) is 3.03. The first-order valence-electron chi connectivity index (χ1n) is 5.62. The Morgan fingerprint density at radius 2 is 1.74 bits per heavy atom. The first kappa shape index (κ1) is 14.2. The zero-order valence-corrected chi connectivity index (χ0v) is 12.2. The summed E-state index contributed by atoms with van der Waals surface area (Å²) in [6.07, 6.45) is 6.10. The summed E-state index contributed by atoms with van der Waals surface area (Å²) < 4.78 is 4.23. The molecular formula is C14H11Cl3N2. The number of hydrogen-bond donors (Lipinski definition) is 0. The maximum atomic E-state index is 6.01. The van der Waals surface area contributed by atoms with Crippen molar-refractivity contribution in [1.29, 1.82) is 0 Å². The molecular weight excluding hydrogens is 303 g/mol. The molecule has 3 aromatic rings. The van der Waals surface area contributed by atoms with Gasteiger partial charge in [0.05, 0.1) is 6.20 Å². The maximum Gasteiger partial charge on any atom is 0.286 e. The van der Waals surface area contributed by atoms with Crippen LogP contribution in [-0.2, 0) is 6.54 Å². The van der Waals surface area contributed by atoms with Gasteiger partial charge in [-0.25, -0.2) is 8.97 Å². The van der Waals surface area contributed by atoms with Crippen molar-refractivity contribution in [2.45, 2.75) is 6.54 Å². The third-order valence-electron chi connectivity index (χ3n) is 2.84. The second kappa shape index (κ2) is 5.83. The lowest BCUT2D eigenvalue weighted by Crippen LogP contribution is -3.00. The molecule has 0 amide bonds. The highest BCUT2D eigenvalue weighted by Gasteiger charge is 2.09. The second-order valence-corrected chi connectivity index (χ2v) is 5.04. The summed E-state index contributed by atoms with van der Waals surface area (Å²) in [6, 6.07) is 11.7. The number of rotatable bonds is 2. The highest BCUT2D eigenvalue weighted by atomic mass is 35.5. The molecule has 19 heavy (non-hydrogen) atoms. The molecule has 0 unspecified atom stereocenters. The van der Waals surface area contributed by atoms with E-state index in [2.05, 4.69) is 15.0 Å². The summed E-state index contributed by atoms with van der Waals surface area (Å²) in [6.45, 7) is 0.751. The summed E-state index contributed by atoms with van der Waals surface area (Å²) in [7, 11) is 0. The summed E-state index contributed by atoms with van der Waals surface area (Å²) in [4.78, 5) is 0. The smallest absolute Gasteiger partial charge is 0.286 e. The Balaban J connectivity index is 0.00000133. The van der Waals surface area contributed by atoms with E-state index in [1.165, 1.54) is 0 Å². The van der Waals surface area contributed by atoms with Crippen molar-refractivity contribution >= 4 is 28.8 Å². The van der Waals surface area contributed by atoms with Crippen molar-refractivity contribution in [3.63, 3.8) is 0 Å². The van der Waals surface area contributed by atoms with E-state index in [1.54, 1.807) is 6.07 Å². The molecule has 0 N–H and O–H groups in total. The first-order chi connectivity index (χ1) is 8.72. The molecule has 0 saturated heterocycles. The normalized spacial score (nSPS) is 10.4. The van der Waals surface area contributed by atoms with Crippen LogP contribution in [0, 0.1) is 0 Å². The SMILES string of the molecule is Clc1cc(Cl)cc(C[n+]2ccn3ccccc32)c1.[Cl-]. The quantitative estimate of drug-likeness (QED) is 0.612. The lowest BCUT2D eigenvalue weighted by molar-refractivity contribution is -0.661. The van der Waals surface area contributed by atoms with Crippen LogP contribution >= 0.6 is 23.2 Å². The van der Waals surface area contributed by atoms with Crippen molar-refractivity contribution in [3.8, 4) is 0 Å². The van der Waals surface area contributed by atoms with Crippen LogP contribution in [0.1, 0.15) is 5.56 Å². The van der Waals surface area contributed by atoms with Crippen molar-refractivity contribution in [1.82, 2.24) is 4.40 Å². The zero-order valence-electron chi connectivity index (χ0n) is 9.93. The minimum Gasteiger partial charge on any atom is -1.00 e. The molecule has 0 aliphatic carbocycles. The summed E-state index contributed by atoms with van der Waals surface area (Å²) in [5.74, 6) is 0. The average molecular weight is 314 g/mol. The second-order valence-electron chi connectivity index (χ2n) is 4.17. The number of nitrogens with zero attached hydrogens (tertiary/aromatic N) is 2. The Morgan fingerprint density at radius 3 is 2.47 bits per heavy atom. The van der Waals surface area contributed by atoms with Crippen LogP contribution in [0.4, 0.5) is 0 Å². The van der Waals surface area contributed by atoms with Gasteiger partial charge in [0.25, 0.3) is 5.65 Å². The highest BCUT2D eigenvalue weighted by Crippen LogP contribution is 2.19. The Bertz CT molecular complexity index is 686. The van der Waals surface area contributed by atoms with Gasteiger partial charge in [0, 0.05) is 16.1 Å². The highest BCUT2D eigenvalue weighted by molar-refractivity contribution is 6.34. The minimum atomic E-state index is 0. The van der Waals surface area contributed by atoms with Gasteiger partial charge in [-0.15, -0.1) is 0 Å². The van der Waals surface area contributed by atoms with Crippen LogP contribution in [0.3, 0.4) is 0 Å². The summed E-state index contributed by atoms with van der Waals surface area (Å²) in [5, 5.41) is 1.34. The maximum absolute atomic E-state index is 6.01. The molecule has 0 spiro atoms. The molecule has 2 heterocycles. The van der Waals surface area contributed by atoms with Gasteiger partial charge in [0.15, 0.2) is 0 Å². The Kier molecular flexibility index (Phi) is 4.35. The van der Waals surface area contributed by atoms with E-state index in [-0.39, 0.29) is 12.4 Å². The van der Waals surface area contributed by atoms with Crippen LogP contribution < -0.4 is 17.0 Å². The van der Waals surface area contributed by atoms with Gasteiger partial charge < -0.3 is 12.4 Å². The van der Waals surface area contributed by atoms with Gasteiger partial charge in [0.1, 0.15) is 18.9 Å². The van der Waals surface area contributed by atoms with Gasteiger partial charge in [-0.3, -0.25) is 0 Å². The molecule has 0 bridgehead atoms. The average Bonchev–Trinajstić information content (AvgIpc) is 2.72. The zero-order chi connectivity index (χ0) is 12.5. The van der Waals surface area contributed by atoms with Crippen LogP contribution in [0.2, 0.25) is 10.0 Å². The van der Waals surface area contributed by atoms with Gasteiger partial charge in [0.2, 0.25) is 0 Å². The van der Waals surface area contributed by atoms with Gasteiger partial charge in [-0.1, -0.05) is 29.3 Å². The monoisotopic (exact) mass is 312 g/mol. The number of hydrogen-bond acceptors (Lipinski definition) is 0. The number of halogens is 3. The predicted molar refractivity (Wildman–Crippen MR) is 73.2 cm³/mol. The molecule has 3 rings (SSSR count). The van der Waals surface area contributed by atoms with Gasteiger partial charge in [-0.05, 0) is 29.8 Å². The predicted octanol–water partition coefficient (Wildman–Crippen LogP) is 0.586. The van der Waals surface area contributed by atoms with E-state index in [1.807, 2.05) is 42.9 Å². The molecule has 2 aromatic heterocycles. The Morgan fingerprint density at radius 1 is 1.00 bits per heavy atom. The Hall–Kier alpha value is -1.22. The fraction of sp³-hybridized carbons (Fsp3) is 0.0714. The lowest BCUT2D eigenvalue weighted by Gasteiger charge is -2.01. The molecule has 0 aliphatic heterocycles. The van der Waals surface area contributed by atoms with E-state index in [9.17, 15) is 0 Å². The van der Waals surface area contributed by atoms with E-state index in [0.717, 1.165) is 17.8 Å². The van der Waals surface area contributed by atoms with E-state index >= 15 is 0 Å². The molecule has 98 valence electrons. The molecule has 2 nitrogen and oxygen atoms in total. The number of fused-ring (bicyclic) bond motifs is 1. The fourth-order valence-corrected chi connectivity index (χ4v) is 2.65. The lowest BCUT2D eigenvalue weighted by atomic mass is 10.2. The first-order valence-corrected chi connectivity index (χ1v) is 6.38. The molecule has 0 fully saturated rings. The molecule has 0 radical (unpaired) electrons. The number of pyridine rings is 1. The number of benzene rings is 1. The van der Waals surface area contributed by atoms with Crippen LogP contribution in [0.25, 0.3) is 5.65 Å². The molecule has 0 aliphatic rings. The third-order valence-corrected chi connectivity index (χ3v) is 3.28. The topological polar surface area (TPSA) is 8.29 Å². The van der Waals surface area contributed by atoms with Crippen molar-refractivity contribution in [2.75, 3.05) is 0 Å². The standard InChI is InChI=1S/C14H11Cl2N2.ClH/c15-12-7-11(8-13(16)9-12)10-18-6-5-17-4-2-1-3-14(17)18;/h1-9H,10H2;1H/q+1;/p-1. The minimum absolute atomic E-state index is 0. The van der Waals surface area contributed by atoms with Crippen molar-refractivity contribution in [3.05, 3.63) is 70.6 Å². The van der Waals surface area contributed by atoms with E-state index in [0.29, 0.717) is 10.0 Å². The van der Waals surface area contributed by atoms with Gasteiger partial charge in [-0.2, -0.15) is 0 Å². The molecule has 0 atom stereocenters. The Labute approximate surface area is 127 Å². The van der Waals surface area contributed by atoms with Gasteiger partial charge >= 0.3 is 0 Å². The summed E-state index contributed by atoms with van der Waals surface area (Å²) in [5.41, 5.74) is 2.23. The molecule has 1 aromatic carbocycles. The number of imidazole rings is 1. The van der Waals surface area contributed by atoms with Crippen LogP contribution in [-0.4, -0.2) is 4.40 Å².